The Balaban J connectivity index is 1.91. The first-order valence-electron chi connectivity index (χ1n) is 8.62. The molecule has 0 aromatic heterocycles. The van der Waals surface area contributed by atoms with E-state index in [1.807, 2.05) is 0 Å². The van der Waals surface area contributed by atoms with Crippen molar-refractivity contribution in [2.75, 3.05) is 13.2 Å². The number of aryl methyl sites for hydroxylation is 1. The van der Waals surface area contributed by atoms with Crippen LogP contribution in [-0.4, -0.2) is 19.3 Å². The van der Waals surface area contributed by atoms with Gasteiger partial charge in [-0.2, -0.15) is 0 Å². The molecule has 1 aliphatic rings. The van der Waals surface area contributed by atoms with Crippen LogP contribution in [-0.2, 0) is 4.74 Å². The van der Waals surface area contributed by atoms with Gasteiger partial charge in [0.25, 0.3) is 0 Å². The van der Waals surface area contributed by atoms with Crippen LogP contribution in [0.4, 0.5) is 0 Å². The van der Waals surface area contributed by atoms with E-state index in [9.17, 15) is 0 Å². The molecule has 0 amide bonds. The third-order valence-corrected chi connectivity index (χ3v) is 4.65. The summed E-state index contributed by atoms with van der Waals surface area (Å²) in [5.41, 5.74) is 2.64. The fourth-order valence-corrected chi connectivity index (χ4v) is 3.29. The van der Waals surface area contributed by atoms with Crippen molar-refractivity contribution >= 4 is 0 Å². The standard InChI is InChI=1S/C19H31NO/c1-4-20-19(18-12-10-15(2)11-13-18)16(3)21-14-17-8-6-5-7-9-17/h10-13,16-17,19-20H,4-9,14H2,1-3H3. The van der Waals surface area contributed by atoms with E-state index in [-0.39, 0.29) is 6.10 Å². The maximum atomic E-state index is 6.22. The summed E-state index contributed by atoms with van der Waals surface area (Å²) in [6.07, 6.45) is 7.10. The molecule has 2 unspecified atom stereocenters. The predicted octanol–water partition coefficient (Wildman–Crippen LogP) is 4.63. The van der Waals surface area contributed by atoms with Gasteiger partial charge in [-0.3, -0.25) is 0 Å². The Morgan fingerprint density at radius 2 is 1.81 bits per heavy atom. The van der Waals surface area contributed by atoms with Crippen LogP contribution in [0, 0.1) is 12.8 Å². The van der Waals surface area contributed by atoms with Crippen molar-refractivity contribution in [3.63, 3.8) is 0 Å². The molecular formula is C19H31NO. The molecular weight excluding hydrogens is 258 g/mol. The largest absolute Gasteiger partial charge is 0.376 e. The molecule has 118 valence electrons. The zero-order valence-corrected chi connectivity index (χ0v) is 13.9. The molecule has 1 aromatic rings. The molecule has 0 spiro atoms. The van der Waals surface area contributed by atoms with E-state index >= 15 is 0 Å². The molecule has 21 heavy (non-hydrogen) atoms. The molecule has 2 rings (SSSR count). The lowest BCUT2D eigenvalue weighted by Gasteiger charge is -2.28. The Morgan fingerprint density at radius 1 is 1.14 bits per heavy atom. The summed E-state index contributed by atoms with van der Waals surface area (Å²) >= 11 is 0. The van der Waals surface area contributed by atoms with Crippen molar-refractivity contribution in [1.82, 2.24) is 5.32 Å². The highest BCUT2D eigenvalue weighted by molar-refractivity contribution is 5.24. The van der Waals surface area contributed by atoms with Crippen LogP contribution < -0.4 is 5.32 Å². The summed E-state index contributed by atoms with van der Waals surface area (Å²) in [5.74, 6) is 0.779. The third kappa shape index (κ3) is 5.12. The first kappa shape index (κ1) is 16.5. The summed E-state index contributed by atoms with van der Waals surface area (Å²) in [6, 6.07) is 9.12. The quantitative estimate of drug-likeness (QED) is 0.790. The van der Waals surface area contributed by atoms with Crippen LogP contribution in [0.3, 0.4) is 0 Å². The lowest BCUT2D eigenvalue weighted by molar-refractivity contribution is 0.00969. The first-order valence-corrected chi connectivity index (χ1v) is 8.62. The monoisotopic (exact) mass is 289 g/mol. The molecule has 0 saturated heterocycles. The summed E-state index contributed by atoms with van der Waals surface area (Å²) in [7, 11) is 0. The van der Waals surface area contributed by atoms with Crippen molar-refractivity contribution in [3.05, 3.63) is 35.4 Å². The lowest BCUT2D eigenvalue weighted by Crippen LogP contribution is -2.33. The molecule has 1 saturated carbocycles. The minimum absolute atomic E-state index is 0.217. The van der Waals surface area contributed by atoms with Gasteiger partial charge in [0.15, 0.2) is 0 Å². The molecule has 0 radical (unpaired) electrons. The van der Waals surface area contributed by atoms with Gasteiger partial charge in [0.2, 0.25) is 0 Å². The Labute approximate surface area is 130 Å². The van der Waals surface area contributed by atoms with Crippen molar-refractivity contribution in [1.29, 1.82) is 0 Å². The van der Waals surface area contributed by atoms with Gasteiger partial charge in [-0.15, -0.1) is 0 Å². The second-order valence-corrected chi connectivity index (χ2v) is 6.49. The lowest BCUT2D eigenvalue weighted by atomic mass is 9.90. The number of rotatable bonds is 7. The number of ether oxygens (including phenoxy) is 1. The third-order valence-electron chi connectivity index (χ3n) is 4.65. The van der Waals surface area contributed by atoms with E-state index in [0.29, 0.717) is 6.04 Å². The minimum atomic E-state index is 0.217. The molecule has 1 fully saturated rings. The van der Waals surface area contributed by atoms with E-state index in [0.717, 1.165) is 19.1 Å². The van der Waals surface area contributed by atoms with Gasteiger partial charge in [-0.25, -0.2) is 0 Å². The molecule has 1 aliphatic carbocycles. The van der Waals surface area contributed by atoms with Gasteiger partial charge in [0.05, 0.1) is 12.1 Å². The summed E-state index contributed by atoms with van der Waals surface area (Å²) in [4.78, 5) is 0. The molecule has 2 atom stereocenters. The molecule has 0 heterocycles. The second-order valence-electron chi connectivity index (χ2n) is 6.49. The van der Waals surface area contributed by atoms with Gasteiger partial charge < -0.3 is 10.1 Å². The topological polar surface area (TPSA) is 21.3 Å². The van der Waals surface area contributed by atoms with Crippen molar-refractivity contribution in [3.8, 4) is 0 Å². The van der Waals surface area contributed by atoms with Crippen molar-refractivity contribution in [2.24, 2.45) is 5.92 Å². The molecule has 1 N–H and O–H groups in total. The van der Waals surface area contributed by atoms with Gasteiger partial charge >= 0.3 is 0 Å². The van der Waals surface area contributed by atoms with Crippen molar-refractivity contribution < 1.29 is 4.74 Å². The van der Waals surface area contributed by atoms with Gasteiger partial charge in [-0.1, -0.05) is 56.0 Å². The van der Waals surface area contributed by atoms with Gasteiger partial charge in [0.1, 0.15) is 0 Å². The maximum Gasteiger partial charge on any atom is 0.0741 e. The van der Waals surface area contributed by atoms with E-state index < -0.39 is 0 Å². The number of benzene rings is 1. The summed E-state index contributed by atoms with van der Waals surface area (Å²) in [5, 5.41) is 3.58. The van der Waals surface area contributed by atoms with E-state index in [1.165, 1.54) is 43.2 Å². The van der Waals surface area contributed by atoms with Crippen LogP contribution in [0.2, 0.25) is 0 Å². The summed E-state index contributed by atoms with van der Waals surface area (Å²) in [6.45, 7) is 8.39. The average molecular weight is 289 g/mol. The number of nitrogens with one attached hydrogen (secondary N) is 1. The highest BCUT2D eigenvalue weighted by Crippen LogP contribution is 2.26. The number of hydrogen-bond acceptors (Lipinski definition) is 2. The zero-order valence-electron chi connectivity index (χ0n) is 13.9. The fourth-order valence-electron chi connectivity index (χ4n) is 3.29. The smallest absolute Gasteiger partial charge is 0.0741 e. The fraction of sp³-hybridized carbons (Fsp3) is 0.684. The van der Waals surface area contributed by atoms with Crippen LogP contribution in [0.25, 0.3) is 0 Å². The normalized spacial score (nSPS) is 19.4. The van der Waals surface area contributed by atoms with Crippen LogP contribution >= 0.6 is 0 Å². The average Bonchev–Trinajstić information content (AvgIpc) is 2.52. The number of hydrogen-bond donors (Lipinski definition) is 1. The van der Waals surface area contributed by atoms with Gasteiger partial charge in [-0.05, 0) is 44.7 Å². The summed E-state index contributed by atoms with van der Waals surface area (Å²) < 4.78 is 6.22. The molecule has 0 bridgehead atoms. The maximum absolute atomic E-state index is 6.22. The Hall–Kier alpha value is -0.860. The predicted molar refractivity (Wildman–Crippen MR) is 89.6 cm³/mol. The Bertz CT molecular complexity index is 395. The van der Waals surface area contributed by atoms with Gasteiger partial charge in [0, 0.05) is 6.61 Å². The SMILES string of the molecule is CCNC(c1ccc(C)cc1)C(C)OCC1CCCCC1. The Morgan fingerprint density at radius 3 is 2.43 bits per heavy atom. The van der Waals surface area contributed by atoms with Crippen LogP contribution in [0.5, 0.6) is 0 Å². The minimum Gasteiger partial charge on any atom is -0.376 e. The zero-order chi connectivity index (χ0) is 15.1. The van der Waals surface area contributed by atoms with E-state index in [2.05, 4.69) is 50.4 Å². The molecule has 2 nitrogen and oxygen atoms in total. The first-order chi connectivity index (χ1) is 10.2. The molecule has 2 heteroatoms. The second kappa shape index (κ2) is 8.55. The Kier molecular flexibility index (Phi) is 6.72. The molecule has 0 aliphatic heterocycles. The molecule has 1 aromatic carbocycles. The highest BCUT2D eigenvalue weighted by Gasteiger charge is 2.21. The number of likely N-dealkylation sites (N-methyl/N-ethyl adjacent to an activating group) is 1. The van der Waals surface area contributed by atoms with E-state index in [4.69, 9.17) is 4.74 Å². The van der Waals surface area contributed by atoms with E-state index in [1.54, 1.807) is 0 Å². The van der Waals surface area contributed by atoms with Crippen molar-refractivity contribution in [2.45, 2.75) is 65.0 Å². The van der Waals surface area contributed by atoms with Crippen LogP contribution in [0.15, 0.2) is 24.3 Å². The van der Waals surface area contributed by atoms with Crippen LogP contribution in [0.1, 0.15) is 63.1 Å². The highest BCUT2D eigenvalue weighted by atomic mass is 16.5.